The molecule has 4 heterocycles. The predicted molar refractivity (Wildman–Crippen MR) is 222 cm³/mol. The van der Waals surface area contributed by atoms with Crippen LogP contribution in [0, 0.1) is 0 Å². The number of piperazine rings is 2. The third-order valence-corrected chi connectivity index (χ3v) is 10.4. The van der Waals surface area contributed by atoms with Crippen LogP contribution in [0.1, 0.15) is 11.1 Å². The molecule has 0 radical (unpaired) electrons. The summed E-state index contributed by atoms with van der Waals surface area (Å²) in [6.07, 6.45) is 2.57. The van der Waals surface area contributed by atoms with Crippen LogP contribution in [-0.2, 0) is 12.4 Å². The van der Waals surface area contributed by atoms with Gasteiger partial charge in [-0.2, -0.15) is 36.3 Å². The Kier molecular flexibility index (Phi) is 19.7. The van der Waals surface area contributed by atoms with E-state index >= 15 is 0 Å². The van der Waals surface area contributed by atoms with Crippen LogP contribution in [0.25, 0.3) is 0 Å². The maximum absolute atomic E-state index is 12.9. The molecule has 2 N–H and O–H groups in total. The molecule has 0 unspecified atom stereocenters. The zero-order valence-corrected chi connectivity index (χ0v) is 34.4. The molecule has 0 spiro atoms. The Morgan fingerprint density at radius 3 is 1.28 bits per heavy atom. The van der Waals surface area contributed by atoms with Crippen LogP contribution in [0.15, 0.2) is 108 Å². The van der Waals surface area contributed by atoms with Crippen LogP contribution >= 0.6 is 48.3 Å². The van der Waals surface area contributed by atoms with Crippen LogP contribution in [0.2, 0.25) is 0 Å². The van der Waals surface area contributed by atoms with Gasteiger partial charge in [0.05, 0.1) is 11.1 Å². The van der Waals surface area contributed by atoms with Crippen molar-refractivity contribution in [3.05, 3.63) is 108 Å². The highest BCUT2D eigenvalue weighted by atomic mass is 35.5. The summed E-state index contributed by atoms with van der Waals surface area (Å²) in [6.45, 7) is 7.54. The average Bonchev–Trinajstić information content (AvgIpc) is 3.18. The number of anilines is 2. The summed E-state index contributed by atoms with van der Waals surface area (Å²) in [5, 5.41) is 19.6. The van der Waals surface area contributed by atoms with Gasteiger partial charge in [0.2, 0.25) is 11.8 Å². The van der Waals surface area contributed by atoms with E-state index in [2.05, 4.69) is 41.9 Å². The third-order valence-electron chi connectivity index (χ3n) is 8.74. The number of thioether (sulfide) groups is 2. The molecular formula is C38H44Cl2F6N8O2S2. The van der Waals surface area contributed by atoms with Gasteiger partial charge in [0.25, 0.3) is 0 Å². The molecule has 20 heteroatoms. The Labute approximate surface area is 354 Å². The second-order valence-electron chi connectivity index (χ2n) is 12.6. The quantitative estimate of drug-likeness (QED) is 0.0621. The van der Waals surface area contributed by atoms with E-state index in [0.717, 1.165) is 51.4 Å². The summed E-state index contributed by atoms with van der Waals surface area (Å²) in [5.74, 6) is 1.32. The number of halogens is 8. The van der Waals surface area contributed by atoms with Gasteiger partial charge in [0.1, 0.15) is 0 Å². The van der Waals surface area contributed by atoms with Crippen molar-refractivity contribution in [1.29, 1.82) is 0 Å². The van der Waals surface area contributed by atoms with E-state index in [9.17, 15) is 36.6 Å². The van der Waals surface area contributed by atoms with Gasteiger partial charge < -0.3 is 20.0 Å². The second kappa shape index (κ2) is 23.6. The SMILES string of the molecule is Cl.Cl.Oc1ccnc(SC/C=C/CN2CCN(c3cccc(C(F)(F)F)c3)CC2)n1.Oc1ccnc(SC/C=C/CN2CCN(c3cccc(C(F)(F)F)c3)CC2)n1. The van der Waals surface area contributed by atoms with Crippen molar-refractivity contribution in [2.24, 2.45) is 0 Å². The topological polar surface area (TPSA) is 105 Å². The van der Waals surface area contributed by atoms with Gasteiger partial charge in [-0.15, -0.1) is 24.8 Å². The molecule has 0 bridgehead atoms. The number of aromatic nitrogens is 4. The van der Waals surface area contributed by atoms with Crippen LogP contribution in [-0.4, -0.2) is 117 Å². The number of benzene rings is 2. The van der Waals surface area contributed by atoms with E-state index in [1.54, 1.807) is 12.1 Å². The van der Waals surface area contributed by atoms with E-state index in [0.29, 0.717) is 59.4 Å². The molecule has 2 aromatic heterocycles. The van der Waals surface area contributed by atoms with Crippen molar-refractivity contribution in [2.45, 2.75) is 22.7 Å². The molecule has 4 aromatic rings. The lowest BCUT2D eigenvalue weighted by Crippen LogP contribution is -2.46. The maximum atomic E-state index is 12.9. The Morgan fingerprint density at radius 1 is 0.552 bits per heavy atom. The fourth-order valence-corrected chi connectivity index (χ4v) is 7.12. The fourth-order valence-electron chi connectivity index (χ4n) is 5.77. The van der Waals surface area contributed by atoms with E-state index in [4.69, 9.17) is 0 Å². The maximum Gasteiger partial charge on any atom is 0.416 e. The smallest absolute Gasteiger partial charge is 0.416 e. The van der Waals surface area contributed by atoms with Gasteiger partial charge >= 0.3 is 12.4 Å². The lowest BCUT2D eigenvalue weighted by atomic mass is 10.1. The lowest BCUT2D eigenvalue weighted by molar-refractivity contribution is -0.138. The molecule has 0 aliphatic carbocycles. The van der Waals surface area contributed by atoms with Gasteiger partial charge in [-0.05, 0) is 36.4 Å². The minimum atomic E-state index is -4.32. The summed E-state index contributed by atoms with van der Waals surface area (Å²) in [5.41, 5.74) is 0.0206. The standard InChI is InChI=1S/2C19H21F3N4OS.2ClH/c2*20-19(21,22)15-4-3-5-16(14-15)26-11-9-25(10-12-26)8-1-2-13-28-18-23-7-6-17(27)24-18;;/h2*1-7,14H,8-13H2,(H,23,24,27);2*1H/b2*2-1+;;. The number of hydrogen-bond acceptors (Lipinski definition) is 12. The molecule has 2 saturated heterocycles. The van der Waals surface area contributed by atoms with Gasteiger partial charge in [-0.1, -0.05) is 60.0 Å². The first-order valence-corrected chi connectivity index (χ1v) is 19.7. The molecule has 6 rings (SSSR count). The molecule has 58 heavy (non-hydrogen) atoms. The summed E-state index contributed by atoms with van der Waals surface area (Å²) in [7, 11) is 0. The van der Waals surface area contributed by atoms with Crippen molar-refractivity contribution >= 4 is 59.7 Å². The highest BCUT2D eigenvalue weighted by Crippen LogP contribution is 2.33. The van der Waals surface area contributed by atoms with Crippen molar-refractivity contribution < 1.29 is 36.6 Å². The third kappa shape index (κ3) is 16.0. The molecule has 0 saturated carbocycles. The number of rotatable bonds is 12. The van der Waals surface area contributed by atoms with E-state index < -0.39 is 23.5 Å². The van der Waals surface area contributed by atoms with Crippen LogP contribution < -0.4 is 9.80 Å². The zero-order chi connectivity index (χ0) is 40.0. The Balaban J connectivity index is 0.000000300. The molecule has 316 valence electrons. The van der Waals surface area contributed by atoms with Crippen LogP contribution in [0.5, 0.6) is 11.8 Å². The highest BCUT2D eigenvalue weighted by molar-refractivity contribution is 7.99. The average molecular weight is 894 g/mol. The van der Waals surface area contributed by atoms with Crippen LogP contribution in [0.4, 0.5) is 37.7 Å². The fraction of sp³-hybridized carbons (Fsp3) is 0.368. The minimum absolute atomic E-state index is 0. The van der Waals surface area contributed by atoms with Gasteiger partial charge in [-0.25, -0.2) is 9.97 Å². The van der Waals surface area contributed by atoms with Gasteiger partial charge in [0.15, 0.2) is 10.3 Å². The number of aromatic hydroxyl groups is 2. The van der Waals surface area contributed by atoms with E-state index in [-0.39, 0.29) is 36.6 Å². The van der Waals surface area contributed by atoms with E-state index in [1.165, 1.54) is 72.3 Å². The molecule has 2 aromatic carbocycles. The zero-order valence-electron chi connectivity index (χ0n) is 31.1. The molecule has 10 nitrogen and oxygen atoms in total. The van der Waals surface area contributed by atoms with Gasteiger partial charge in [0, 0.05) is 113 Å². The molecule has 2 fully saturated rings. The molecule has 2 aliphatic heterocycles. The van der Waals surface area contributed by atoms with E-state index in [1.807, 2.05) is 22.0 Å². The highest BCUT2D eigenvalue weighted by Gasteiger charge is 2.32. The van der Waals surface area contributed by atoms with Crippen molar-refractivity contribution in [2.75, 3.05) is 86.8 Å². The van der Waals surface area contributed by atoms with Gasteiger partial charge in [-0.3, -0.25) is 9.80 Å². The summed E-state index contributed by atoms with van der Waals surface area (Å²) in [6, 6.07) is 13.9. The van der Waals surface area contributed by atoms with Crippen molar-refractivity contribution in [3.63, 3.8) is 0 Å². The first kappa shape index (κ1) is 48.4. The largest absolute Gasteiger partial charge is 0.493 e. The molecule has 2 aliphatic rings. The van der Waals surface area contributed by atoms with Crippen molar-refractivity contribution in [1.82, 2.24) is 29.7 Å². The summed E-state index contributed by atoms with van der Waals surface area (Å²) < 4.78 is 77.2. The van der Waals surface area contributed by atoms with Crippen molar-refractivity contribution in [3.8, 4) is 11.8 Å². The normalized spacial score (nSPS) is 15.5. The summed E-state index contributed by atoms with van der Waals surface area (Å²) in [4.78, 5) is 24.4. The molecule has 0 atom stereocenters. The lowest BCUT2D eigenvalue weighted by Gasteiger charge is -2.35. The Morgan fingerprint density at radius 2 is 0.931 bits per heavy atom. The minimum Gasteiger partial charge on any atom is -0.493 e. The summed E-state index contributed by atoms with van der Waals surface area (Å²) >= 11 is 2.87. The number of alkyl halides is 6. The Hall–Kier alpha value is -3.94. The first-order valence-electron chi connectivity index (χ1n) is 17.7. The second-order valence-corrected chi connectivity index (χ2v) is 14.6. The van der Waals surface area contributed by atoms with Crippen LogP contribution in [0.3, 0.4) is 0 Å². The number of nitrogens with zero attached hydrogens (tertiary/aromatic N) is 8. The number of hydrogen-bond donors (Lipinski definition) is 2. The molecular weight excluding hydrogens is 849 g/mol. The predicted octanol–water partition coefficient (Wildman–Crippen LogP) is 8.19. The first-order chi connectivity index (χ1) is 26.8. The Bertz CT molecular complexity index is 1760. The monoisotopic (exact) mass is 892 g/mol. The molecule has 0 amide bonds.